The molecular weight excluding hydrogens is 275 g/mol. The number of ether oxygens (including phenoxy) is 1. The third kappa shape index (κ3) is 2.71. The molecule has 1 aliphatic rings. The van der Waals surface area contributed by atoms with E-state index in [-0.39, 0.29) is 36.9 Å². The molecule has 0 saturated carbocycles. The number of anilines is 1. The van der Waals surface area contributed by atoms with Crippen LogP contribution in [-0.2, 0) is 14.8 Å². The smallest absolute Gasteiger partial charge is 0.245 e. The summed E-state index contributed by atoms with van der Waals surface area (Å²) in [6.45, 7) is 0.0634. The van der Waals surface area contributed by atoms with Gasteiger partial charge in [0.15, 0.2) is 0 Å². The van der Waals surface area contributed by atoms with Gasteiger partial charge >= 0.3 is 0 Å². The van der Waals surface area contributed by atoms with E-state index in [1.54, 1.807) is 0 Å². The Balaban J connectivity index is 2.43. The van der Waals surface area contributed by atoms with Crippen molar-refractivity contribution in [1.29, 1.82) is 0 Å². The molecule has 1 saturated heterocycles. The highest BCUT2D eigenvalue weighted by Gasteiger charge is 2.34. The fraction of sp³-hybridized carbons (Fsp3) is 0.455. The van der Waals surface area contributed by atoms with E-state index in [0.717, 1.165) is 16.4 Å². The molecular formula is C11H15FN2O4S. The van der Waals surface area contributed by atoms with Crippen molar-refractivity contribution in [2.45, 2.75) is 10.9 Å². The average Bonchev–Trinajstić information content (AvgIpc) is 2.41. The lowest BCUT2D eigenvalue weighted by Crippen LogP contribution is -2.50. The van der Waals surface area contributed by atoms with Crippen molar-refractivity contribution in [1.82, 2.24) is 4.31 Å². The van der Waals surface area contributed by atoms with Gasteiger partial charge in [-0.25, -0.2) is 12.8 Å². The zero-order chi connectivity index (χ0) is 14.0. The number of hydrogen-bond acceptors (Lipinski definition) is 5. The highest BCUT2D eigenvalue weighted by molar-refractivity contribution is 7.89. The zero-order valence-electron chi connectivity index (χ0n) is 10.1. The number of rotatable bonds is 3. The van der Waals surface area contributed by atoms with Crippen LogP contribution in [0.2, 0.25) is 0 Å². The summed E-state index contributed by atoms with van der Waals surface area (Å²) >= 11 is 0. The van der Waals surface area contributed by atoms with Crippen molar-refractivity contribution in [2.75, 3.05) is 32.1 Å². The standard InChI is InChI=1S/C11H15FN2O4S/c12-8-1-2-10(13)11(5-8)19(16,17)14-3-4-18-7-9(14)6-15/h1-2,5,9,15H,3-4,6-7,13H2. The van der Waals surface area contributed by atoms with E-state index in [2.05, 4.69) is 0 Å². The third-order valence-corrected chi connectivity index (χ3v) is 4.95. The number of aliphatic hydroxyl groups is 1. The lowest BCUT2D eigenvalue weighted by atomic mass is 10.3. The number of aliphatic hydroxyl groups excluding tert-OH is 1. The molecule has 0 aromatic heterocycles. The fourth-order valence-corrected chi connectivity index (χ4v) is 3.67. The predicted molar refractivity (Wildman–Crippen MR) is 66.4 cm³/mol. The van der Waals surface area contributed by atoms with Crippen LogP contribution in [0.5, 0.6) is 0 Å². The Morgan fingerprint density at radius 3 is 2.95 bits per heavy atom. The molecule has 6 nitrogen and oxygen atoms in total. The van der Waals surface area contributed by atoms with Crippen LogP contribution in [0, 0.1) is 5.82 Å². The van der Waals surface area contributed by atoms with Gasteiger partial charge in [-0.3, -0.25) is 0 Å². The first kappa shape index (κ1) is 14.2. The first-order valence-electron chi connectivity index (χ1n) is 5.72. The fourth-order valence-electron chi connectivity index (χ4n) is 1.96. The van der Waals surface area contributed by atoms with Gasteiger partial charge in [0.25, 0.3) is 0 Å². The number of benzene rings is 1. The van der Waals surface area contributed by atoms with Crippen LogP contribution in [0.3, 0.4) is 0 Å². The number of morpholine rings is 1. The lowest BCUT2D eigenvalue weighted by Gasteiger charge is -2.33. The Morgan fingerprint density at radius 1 is 1.53 bits per heavy atom. The van der Waals surface area contributed by atoms with E-state index >= 15 is 0 Å². The molecule has 0 bridgehead atoms. The number of nitrogen functional groups attached to an aromatic ring is 1. The molecule has 1 atom stereocenters. The van der Waals surface area contributed by atoms with Crippen LogP contribution in [0.1, 0.15) is 0 Å². The minimum absolute atomic E-state index is 0.0235. The van der Waals surface area contributed by atoms with E-state index in [4.69, 9.17) is 10.5 Å². The Kier molecular flexibility index (Phi) is 4.04. The van der Waals surface area contributed by atoms with E-state index in [1.807, 2.05) is 0 Å². The summed E-state index contributed by atoms with van der Waals surface area (Å²) in [5.41, 5.74) is 5.58. The average molecular weight is 290 g/mol. The molecule has 1 aromatic carbocycles. The minimum atomic E-state index is -3.95. The highest BCUT2D eigenvalue weighted by atomic mass is 32.2. The Hall–Kier alpha value is -1.22. The molecule has 0 spiro atoms. The lowest BCUT2D eigenvalue weighted by molar-refractivity contribution is 0.0109. The van der Waals surface area contributed by atoms with Gasteiger partial charge in [0.1, 0.15) is 10.7 Å². The largest absolute Gasteiger partial charge is 0.398 e. The van der Waals surface area contributed by atoms with Crippen LogP contribution in [-0.4, -0.2) is 50.2 Å². The second kappa shape index (κ2) is 5.41. The summed E-state index contributed by atoms with van der Waals surface area (Å²) in [4.78, 5) is -0.284. The highest BCUT2D eigenvalue weighted by Crippen LogP contribution is 2.25. The van der Waals surface area contributed by atoms with E-state index in [9.17, 15) is 17.9 Å². The summed E-state index contributed by atoms with van der Waals surface area (Å²) in [7, 11) is -3.95. The molecule has 0 aliphatic carbocycles. The van der Waals surface area contributed by atoms with Crippen LogP contribution in [0.25, 0.3) is 0 Å². The monoisotopic (exact) mass is 290 g/mol. The van der Waals surface area contributed by atoms with Crippen molar-refractivity contribution < 1.29 is 22.7 Å². The third-order valence-electron chi connectivity index (χ3n) is 2.95. The molecule has 1 aromatic rings. The molecule has 2 rings (SSSR count). The number of hydrogen-bond donors (Lipinski definition) is 2. The maximum Gasteiger partial charge on any atom is 0.245 e. The normalized spacial score (nSPS) is 21.5. The minimum Gasteiger partial charge on any atom is -0.398 e. The van der Waals surface area contributed by atoms with Gasteiger partial charge in [-0.15, -0.1) is 0 Å². The summed E-state index contributed by atoms with van der Waals surface area (Å²) < 4.78 is 44.3. The molecule has 19 heavy (non-hydrogen) atoms. The van der Waals surface area contributed by atoms with Gasteiger partial charge in [-0.2, -0.15) is 4.31 Å². The molecule has 1 heterocycles. The van der Waals surface area contributed by atoms with Gasteiger partial charge in [-0.1, -0.05) is 0 Å². The van der Waals surface area contributed by atoms with Gasteiger partial charge < -0.3 is 15.6 Å². The van der Waals surface area contributed by atoms with Gasteiger partial charge in [0, 0.05) is 6.54 Å². The molecule has 106 valence electrons. The topological polar surface area (TPSA) is 92.9 Å². The van der Waals surface area contributed by atoms with E-state index in [1.165, 1.54) is 6.07 Å². The van der Waals surface area contributed by atoms with Crippen LogP contribution < -0.4 is 5.73 Å². The summed E-state index contributed by atoms with van der Waals surface area (Å²) in [6, 6.07) is 2.50. The molecule has 1 aliphatic heterocycles. The maximum atomic E-state index is 13.2. The van der Waals surface area contributed by atoms with Gasteiger partial charge in [0.2, 0.25) is 10.0 Å². The Bertz CT molecular complexity index is 564. The second-order valence-electron chi connectivity index (χ2n) is 4.21. The first-order chi connectivity index (χ1) is 8.96. The van der Waals surface area contributed by atoms with Gasteiger partial charge in [0.05, 0.1) is 31.5 Å². The quantitative estimate of drug-likeness (QED) is 0.751. The zero-order valence-corrected chi connectivity index (χ0v) is 10.9. The number of halogens is 1. The number of nitrogens with two attached hydrogens (primary N) is 1. The van der Waals surface area contributed by atoms with Crippen molar-refractivity contribution in [3.8, 4) is 0 Å². The Labute approximate surface area is 110 Å². The summed E-state index contributed by atoms with van der Waals surface area (Å²) in [5.74, 6) is -0.679. The van der Waals surface area contributed by atoms with E-state index in [0.29, 0.717) is 0 Å². The predicted octanol–water partition coefficient (Wildman–Crippen LogP) is -0.210. The van der Waals surface area contributed by atoms with Crippen LogP contribution in [0.15, 0.2) is 23.1 Å². The van der Waals surface area contributed by atoms with Crippen molar-refractivity contribution in [3.05, 3.63) is 24.0 Å². The Morgan fingerprint density at radius 2 is 2.26 bits per heavy atom. The van der Waals surface area contributed by atoms with Crippen LogP contribution in [0.4, 0.5) is 10.1 Å². The molecule has 0 amide bonds. The summed E-state index contributed by atoms with van der Waals surface area (Å²) in [5, 5.41) is 9.20. The molecule has 3 N–H and O–H groups in total. The first-order valence-corrected chi connectivity index (χ1v) is 7.16. The summed E-state index contributed by atoms with van der Waals surface area (Å²) in [6.07, 6.45) is 0. The van der Waals surface area contributed by atoms with E-state index < -0.39 is 21.9 Å². The maximum absolute atomic E-state index is 13.2. The molecule has 1 unspecified atom stereocenters. The SMILES string of the molecule is Nc1ccc(F)cc1S(=O)(=O)N1CCOCC1CO. The molecule has 0 radical (unpaired) electrons. The van der Waals surface area contributed by atoms with Crippen molar-refractivity contribution in [2.24, 2.45) is 0 Å². The van der Waals surface area contributed by atoms with Crippen LogP contribution >= 0.6 is 0 Å². The number of nitrogens with zero attached hydrogens (tertiary/aromatic N) is 1. The van der Waals surface area contributed by atoms with Crippen molar-refractivity contribution >= 4 is 15.7 Å². The van der Waals surface area contributed by atoms with Crippen molar-refractivity contribution in [3.63, 3.8) is 0 Å². The molecule has 1 fully saturated rings. The number of sulfonamides is 1. The second-order valence-corrected chi connectivity index (χ2v) is 6.07. The molecule has 8 heteroatoms. The van der Waals surface area contributed by atoms with Gasteiger partial charge in [-0.05, 0) is 18.2 Å².